The fourth-order valence-electron chi connectivity index (χ4n) is 1.93. The Kier molecular flexibility index (Phi) is 3.15. The minimum atomic E-state index is 0.0602. The maximum absolute atomic E-state index is 7.69. The summed E-state index contributed by atoms with van der Waals surface area (Å²) in [5, 5.41) is 16.7. The summed E-state index contributed by atoms with van der Waals surface area (Å²) in [6.45, 7) is 1.98. The molecule has 20 heavy (non-hydrogen) atoms. The van der Waals surface area contributed by atoms with E-state index in [0.29, 0.717) is 0 Å². The highest BCUT2D eigenvalue weighted by Crippen LogP contribution is 2.29. The average Bonchev–Trinajstić information content (AvgIpc) is 2.84. The highest BCUT2D eigenvalue weighted by Gasteiger charge is 2.11. The molecule has 6 heteroatoms. The second kappa shape index (κ2) is 4.97. The van der Waals surface area contributed by atoms with Crippen molar-refractivity contribution >= 4 is 23.2 Å². The van der Waals surface area contributed by atoms with Crippen molar-refractivity contribution < 1.29 is 0 Å². The van der Waals surface area contributed by atoms with Crippen LogP contribution in [0.15, 0.2) is 52.6 Å². The van der Waals surface area contributed by atoms with E-state index in [0.717, 1.165) is 26.8 Å². The molecule has 0 spiro atoms. The summed E-state index contributed by atoms with van der Waals surface area (Å²) < 4.78 is 1.91. The van der Waals surface area contributed by atoms with Crippen LogP contribution >= 0.6 is 11.8 Å². The number of aryl methyl sites for hydroxylation is 1. The Bertz CT molecular complexity index is 793. The van der Waals surface area contributed by atoms with E-state index >= 15 is 0 Å². The van der Waals surface area contributed by atoms with Crippen LogP contribution in [0.3, 0.4) is 0 Å². The Hall–Kier alpha value is -2.34. The minimum absolute atomic E-state index is 0.0602. The number of rotatable bonds is 3. The molecule has 1 aromatic carbocycles. The zero-order chi connectivity index (χ0) is 14.1. The van der Waals surface area contributed by atoms with E-state index in [4.69, 9.17) is 11.1 Å². The molecule has 3 N–H and O–H groups in total. The molecule has 0 saturated heterocycles. The van der Waals surface area contributed by atoms with Crippen LogP contribution in [0, 0.1) is 12.3 Å². The minimum Gasteiger partial charge on any atom is -0.384 e. The Balaban J connectivity index is 2.05. The molecule has 0 amide bonds. The first-order chi connectivity index (χ1) is 9.65. The SMILES string of the molecule is Cc1ccc(Sc2nnc3ccccn23)c(C(=N)N)c1. The van der Waals surface area contributed by atoms with E-state index in [1.165, 1.54) is 11.8 Å². The van der Waals surface area contributed by atoms with Crippen molar-refractivity contribution in [2.45, 2.75) is 17.0 Å². The fourth-order valence-corrected chi connectivity index (χ4v) is 2.88. The van der Waals surface area contributed by atoms with Gasteiger partial charge in [0.2, 0.25) is 0 Å². The van der Waals surface area contributed by atoms with Crippen molar-refractivity contribution in [1.82, 2.24) is 14.6 Å². The predicted molar refractivity (Wildman–Crippen MR) is 79.3 cm³/mol. The van der Waals surface area contributed by atoms with Crippen LogP contribution in [0.25, 0.3) is 5.65 Å². The van der Waals surface area contributed by atoms with Crippen molar-refractivity contribution in [3.05, 3.63) is 53.7 Å². The smallest absolute Gasteiger partial charge is 0.200 e. The molecular weight excluding hydrogens is 270 g/mol. The molecule has 0 fully saturated rings. The van der Waals surface area contributed by atoms with Crippen molar-refractivity contribution in [3.8, 4) is 0 Å². The first-order valence-corrected chi connectivity index (χ1v) is 6.89. The summed E-state index contributed by atoms with van der Waals surface area (Å²) >= 11 is 1.46. The van der Waals surface area contributed by atoms with Gasteiger partial charge in [-0.1, -0.05) is 17.7 Å². The Morgan fingerprint density at radius 1 is 1.25 bits per heavy atom. The zero-order valence-electron chi connectivity index (χ0n) is 10.9. The predicted octanol–water partition coefficient (Wildman–Crippen LogP) is 2.47. The second-order valence-corrected chi connectivity index (χ2v) is 5.44. The topological polar surface area (TPSA) is 80.1 Å². The van der Waals surface area contributed by atoms with E-state index in [-0.39, 0.29) is 5.84 Å². The molecule has 0 unspecified atom stereocenters. The fraction of sp³-hybridized carbons (Fsp3) is 0.0714. The first kappa shape index (κ1) is 12.7. The van der Waals surface area contributed by atoms with E-state index in [1.807, 2.05) is 53.9 Å². The molecule has 0 aliphatic heterocycles. The van der Waals surface area contributed by atoms with Gasteiger partial charge in [0, 0.05) is 16.7 Å². The molecule has 0 aliphatic rings. The van der Waals surface area contributed by atoms with Gasteiger partial charge in [-0.3, -0.25) is 9.81 Å². The number of nitrogens with one attached hydrogen (secondary N) is 1. The van der Waals surface area contributed by atoms with Crippen molar-refractivity contribution in [2.75, 3.05) is 0 Å². The van der Waals surface area contributed by atoms with Crippen LogP contribution in [0.4, 0.5) is 0 Å². The summed E-state index contributed by atoms with van der Waals surface area (Å²) in [7, 11) is 0. The van der Waals surface area contributed by atoms with Crippen molar-refractivity contribution in [3.63, 3.8) is 0 Å². The third-order valence-electron chi connectivity index (χ3n) is 2.91. The van der Waals surface area contributed by atoms with Crippen LogP contribution in [0.5, 0.6) is 0 Å². The first-order valence-electron chi connectivity index (χ1n) is 6.08. The van der Waals surface area contributed by atoms with E-state index in [2.05, 4.69) is 10.2 Å². The van der Waals surface area contributed by atoms with Gasteiger partial charge in [0.15, 0.2) is 10.8 Å². The third kappa shape index (κ3) is 2.25. The molecular formula is C14H13N5S. The van der Waals surface area contributed by atoms with Crippen molar-refractivity contribution in [2.24, 2.45) is 5.73 Å². The molecule has 0 radical (unpaired) electrons. The maximum Gasteiger partial charge on any atom is 0.200 e. The summed E-state index contributed by atoms with van der Waals surface area (Å²) in [4.78, 5) is 0.904. The molecule has 0 saturated carbocycles. The van der Waals surface area contributed by atoms with Gasteiger partial charge >= 0.3 is 0 Å². The summed E-state index contributed by atoms with van der Waals surface area (Å²) in [6, 6.07) is 11.6. The molecule has 5 nitrogen and oxygen atoms in total. The molecule has 3 rings (SSSR count). The average molecular weight is 283 g/mol. The van der Waals surface area contributed by atoms with Crippen LogP contribution in [-0.4, -0.2) is 20.4 Å². The number of aromatic nitrogens is 3. The molecule has 2 aromatic heterocycles. The largest absolute Gasteiger partial charge is 0.384 e. The Labute approximate surface area is 120 Å². The summed E-state index contributed by atoms with van der Waals surface area (Å²) in [6.07, 6.45) is 1.92. The zero-order valence-corrected chi connectivity index (χ0v) is 11.7. The van der Waals surface area contributed by atoms with Gasteiger partial charge in [-0.05, 0) is 43.0 Å². The quantitative estimate of drug-likeness (QED) is 0.571. The van der Waals surface area contributed by atoms with Gasteiger partial charge in [0.1, 0.15) is 5.84 Å². The van der Waals surface area contributed by atoms with Gasteiger partial charge in [0.05, 0.1) is 0 Å². The lowest BCUT2D eigenvalue weighted by Gasteiger charge is -2.07. The van der Waals surface area contributed by atoms with E-state index in [1.54, 1.807) is 0 Å². The Morgan fingerprint density at radius 2 is 2.10 bits per heavy atom. The standard InChI is InChI=1S/C14H13N5S/c1-9-5-6-11(10(8-9)13(15)16)20-14-18-17-12-4-2-3-7-19(12)14/h2-8H,1H3,(H3,15,16). The number of nitrogens with two attached hydrogens (primary N) is 1. The number of benzene rings is 1. The number of pyridine rings is 1. The van der Waals surface area contributed by atoms with Gasteiger partial charge < -0.3 is 5.73 Å². The third-order valence-corrected chi connectivity index (χ3v) is 3.95. The van der Waals surface area contributed by atoms with Crippen LogP contribution in [0.2, 0.25) is 0 Å². The lowest BCUT2D eigenvalue weighted by atomic mass is 10.1. The van der Waals surface area contributed by atoms with Crippen LogP contribution in [0.1, 0.15) is 11.1 Å². The van der Waals surface area contributed by atoms with E-state index < -0.39 is 0 Å². The molecule has 0 bridgehead atoms. The van der Waals surface area contributed by atoms with Gasteiger partial charge in [0.25, 0.3) is 0 Å². The normalized spacial score (nSPS) is 10.8. The number of hydrogen-bond acceptors (Lipinski definition) is 4. The van der Waals surface area contributed by atoms with Crippen LogP contribution in [-0.2, 0) is 0 Å². The molecule has 0 atom stereocenters. The Morgan fingerprint density at radius 3 is 2.90 bits per heavy atom. The highest BCUT2D eigenvalue weighted by molar-refractivity contribution is 7.99. The number of hydrogen-bond donors (Lipinski definition) is 2. The van der Waals surface area contributed by atoms with Gasteiger partial charge in [-0.2, -0.15) is 0 Å². The van der Waals surface area contributed by atoms with E-state index in [9.17, 15) is 0 Å². The molecule has 3 aromatic rings. The molecule has 0 aliphatic carbocycles. The monoisotopic (exact) mass is 283 g/mol. The highest BCUT2D eigenvalue weighted by atomic mass is 32.2. The lowest BCUT2D eigenvalue weighted by Crippen LogP contribution is -2.12. The number of nitrogens with zero attached hydrogens (tertiary/aromatic N) is 3. The summed E-state index contributed by atoms with van der Waals surface area (Å²) in [5.74, 6) is 0.0602. The molecule has 100 valence electrons. The maximum atomic E-state index is 7.69. The lowest BCUT2D eigenvalue weighted by molar-refractivity contribution is 0.921. The number of amidine groups is 1. The molecule has 2 heterocycles. The van der Waals surface area contributed by atoms with Crippen LogP contribution < -0.4 is 5.73 Å². The van der Waals surface area contributed by atoms with Gasteiger partial charge in [-0.15, -0.1) is 10.2 Å². The van der Waals surface area contributed by atoms with Crippen molar-refractivity contribution in [1.29, 1.82) is 5.41 Å². The number of nitrogen functional groups attached to an aromatic ring is 1. The van der Waals surface area contributed by atoms with Gasteiger partial charge in [-0.25, -0.2) is 0 Å². The number of fused-ring (bicyclic) bond motifs is 1. The second-order valence-electron chi connectivity index (χ2n) is 4.43. The summed E-state index contributed by atoms with van der Waals surface area (Å²) in [5.41, 5.74) is 8.25.